The summed E-state index contributed by atoms with van der Waals surface area (Å²) < 4.78 is 5.52. The van der Waals surface area contributed by atoms with E-state index in [1.54, 1.807) is 16.2 Å². The van der Waals surface area contributed by atoms with Gasteiger partial charge in [0.15, 0.2) is 6.17 Å². The number of benzene rings is 2. The topological polar surface area (TPSA) is 54.5 Å². The normalized spacial score (nSPS) is 16.2. The van der Waals surface area contributed by atoms with Gasteiger partial charge >= 0.3 is 0 Å². The number of amides is 1. The number of para-hydroxylation sites is 1. The lowest BCUT2D eigenvalue weighted by Crippen LogP contribution is -2.43. The van der Waals surface area contributed by atoms with Gasteiger partial charge in [-0.15, -0.1) is 11.3 Å². The van der Waals surface area contributed by atoms with Crippen LogP contribution in [0, 0.1) is 6.92 Å². The summed E-state index contributed by atoms with van der Waals surface area (Å²) in [7, 11) is 0. The van der Waals surface area contributed by atoms with E-state index in [0.717, 1.165) is 27.8 Å². The number of nitrogens with one attached hydrogen (secondary N) is 1. The molecule has 1 atom stereocenters. The summed E-state index contributed by atoms with van der Waals surface area (Å²) in [5.41, 5.74) is 3.13. The zero-order valence-corrected chi connectivity index (χ0v) is 15.4. The summed E-state index contributed by atoms with van der Waals surface area (Å²) in [5, 5.41) is 6.43. The number of hydrogen-bond acceptors (Lipinski definition) is 5. The Labute approximate surface area is 156 Å². The molecule has 1 aliphatic rings. The number of rotatable bonds is 4. The van der Waals surface area contributed by atoms with E-state index >= 15 is 0 Å². The summed E-state index contributed by atoms with van der Waals surface area (Å²) in [4.78, 5) is 19.6. The maximum absolute atomic E-state index is 13.2. The number of ether oxygens (including phenoxy) is 1. The molecule has 26 heavy (non-hydrogen) atoms. The third kappa shape index (κ3) is 2.93. The molecule has 1 N–H and O–H groups in total. The number of carbonyl (C=O) groups is 1. The third-order valence-electron chi connectivity index (χ3n) is 4.27. The van der Waals surface area contributed by atoms with Crippen LogP contribution in [-0.2, 0) is 0 Å². The highest BCUT2D eigenvalue weighted by Crippen LogP contribution is 2.37. The molecule has 132 valence electrons. The molecule has 0 saturated carbocycles. The van der Waals surface area contributed by atoms with E-state index < -0.39 is 0 Å². The fourth-order valence-electron chi connectivity index (χ4n) is 3.10. The van der Waals surface area contributed by atoms with Crippen molar-refractivity contribution in [2.24, 2.45) is 0 Å². The first-order valence-electron chi connectivity index (χ1n) is 8.51. The van der Waals surface area contributed by atoms with Gasteiger partial charge < -0.3 is 10.1 Å². The number of hydrogen-bond donors (Lipinski definition) is 1. The summed E-state index contributed by atoms with van der Waals surface area (Å²) in [6, 6.07) is 15.2. The molecule has 0 radical (unpaired) electrons. The molecule has 1 aromatic heterocycles. The van der Waals surface area contributed by atoms with Gasteiger partial charge in [-0.1, -0.05) is 12.1 Å². The van der Waals surface area contributed by atoms with Crippen LogP contribution in [0.4, 0.5) is 11.4 Å². The second kappa shape index (κ2) is 6.80. The molecular formula is C20H19N3O2S. The van der Waals surface area contributed by atoms with Gasteiger partial charge in [0.25, 0.3) is 5.91 Å². The molecule has 0 fully saturated rings. The lowest BCUT2D eigenvalue weighted by Gasteiger charge is -2.37. The maximum atomic E-state index is 13.2. The first-order valence-corrected chi connectivity index (χ1v) is 9.39. The average Bonchev–Trinajstić information content (AvgIpc) is 3.09. The monoisotopic (exact) mass is 365 g/mol. The van der Waals surface area contributed by atoms with E-state index in [-0.39, 0.29) is 12.1 Å². The highest BCUT2D eigenvalue weighted by atomic mass is 32.1. The molecule has 3 aromatic rings. The van der Waals surface area contributed by atoms with Gasteiger partial charge in [0.05, 0.1) is 22.9 Å². The van der Waals surface area contributed by atoms with Gasteiger partial charge in [-0.05, 0) is 50.2 Å². The van der Waals surface area contributed by atoms with Crippen molar-refractivity contribution in [3.8, 4) is 5.75 Å². The standard InChI is InChI=1S/C20H19N3O2S/c1-3-25-15-10-8-14(9-11-15)23-19(18-12-26-13(2)21-18)22-17-7-5-4-6-16(17)20(23)24/h4-12,19,22H,3H2,1-2H3/t19-/m0/s1. The van der Waals surface area contributed by atoms with Gasteiger partial charge in [0.2, 0.25) is 0 Å². The van der Waals surface area contributed by atoms with Gasteiger partial charge in [0, 0.05) is 16.8 Å². The fraction of sp³-hybridized carbons (Fsp3) is 0.200. The van der Waals surface area contributed by atoms with Crippen LogP contribution in [0.2, 0.25) is 0 Å². The van der Waals surface area contributed by atoms with Crippen molar-refractivity contribution in [3.05, 3.63) is 70.2 Å². The van der Waals surface area contributed by atoms with Crippen LogP contribution in [0.3, 0.4) is 0 Å². The van der Waals surface area contributed by atoms with E-state index in [2.05, 4.69) is 10.3 Å². The molecule has 1 amide bonds. The largest absolute Gasteiger partial charge is 0.494 e. The number of anilines is 2. The lowest BCUT2D eigenvalue weighted by molar-refractivity contribution is 0.0974. The first kappa shape index (κ1) is 16.6. The SMILES string of the molecule is CCOc1ccc(N2C(=O)c3ccccc3N[C@@H]2c2csc(C)n2)cc1. The van der Waals surface area contributed by atoms with E-state index in [9.17, 15) is 4.79 Å². The Balaban J connectivity index is 1.78. The lowest BCUT2D eigenvalue weighted by atomic mass is 10.1. The maximum Gasteiger partial charge on any atom is 0.262 e. The van der Waals surface area contributed by atoms with Crippen molar-refractivity contribution in [3.63, 3.8) is 0 Å². The Morgan fingerprint density at radius 1 is 1.19 bits per heavy atom. The molecule has 0 saturated heterocycles. The van der Waals surface area contributed by atoms with E-state index in [1.807, 2.05) is 67.8 Å². The molecule has 2 aromatic carbocycles. The number of thiazole rings is 1. The second-order valence-electron chi connectivity index (χ2n) is 5.99. The highest BCUT2D eigenvalue weighted by Gasteiger charge is 2.35. The number of aryl methyl sites for hydroxylation is 1. The average molecular weight is 365 g/mol. The molecule has 0 bridgehead atoms. The Kier molecular flexibility index (Phi) is 4.34. The van der Waals surface area contributed by atoms with Gasteiger partial charge in [-0.3, -0.25) is 9.69 Å². The molecular weight excluding hydrogens is 346 g/mol. The molecule has 5 nitrogen and oxygen atoms in total. The van der Waals surface area contributed by atoms with Crippen molar-refractivity contribution in [2.45, 2.75) is 20.0 Å². The van der Waals surface area contributed by atoms with Crippen LogP contribution < -0.4 is 15.0 Å². The summed E-state index contributed by atoms with van der Waals surface area (Å²) in [6.45, 7) is 4.52. The smallest absolute Gasteiger partial charge is 0.262 e. The van der Waals surface area contributed by atoms with Crippen molar-refractivity contribution in [2.75, 3.05) is 16.8 Å². The molecule has 0 spiro atoms. The minimum atomic E-state index is -0.347. The van der Waals surface area contributed by atoms with Gasteiger partial charge in [-0.2, -0.15) is 0 Å². The van der Waals surface area contributed by atoms with Gasteiger partial charge in [-0.25, -0.2) is 4.98 Å². The van der Waals surface area contributed by atoms with Crippen LogP contribution in [-0.4, -0.2) is 17.5 Å². The van der Waals surface area contributed by atoms with Crippen molar-refractivity contribution < 1.29 is 9.53 Å². The summed E-state index contributed by atoms with van der Waals surface area (Å²) >= 11 is 1.58. The summed E-state index contributed by atoms with van der Waals surface area (Å²) in [6.07, 6.45) is -0.347. The quantitative estimate of drug-likeness (QED) is 0.733. The van der Waals surface area contributed by atoms with E-state index in [1.165, 1.54) is 0 Å². The van der Waals surface area contributed by atoms with Crippen molar-refractivity contribution >= 4 is 28.6 Å². The number of carbonyl (C=O) groups excluding carboxylic acids is 1. The molecule has 1 aliphatic heterocycles. The van der Waals surface area contributed by atoms with Crippen molar-refractivity contribution in [1.29, 1.82) is 0 Å². The Bertz CT molecular complexity index is 936. The molecule has 6 heteroatoms. The predicted molar refractivity (Wildman–Crippen MR) is 104 cm³/mol. The van der Waals surface area contributed by atoms with Crippen LogP contribution in [0.5, 0.6) is 5.75 Å². The third-order valence-corrected chi connectivity index (χ3v) is 5.06. The van der Waals surface area contributed by atoms with E-state index in [4.69, 9.17) is 4.74 Å². The van der Waals surface area contributed by atoms with Gasteiger partial charge in [0.1, 0.15) is 5.75 Å². The molecule has 0 aliphatic carbocycles. The molecule has 4 rings (SSSR count). The highest BCUT2D eigenvalue weighted by molar-refractivity contribution is 7.09. The molecule has 0 unspecified atom stereocenters. The summed E-state index contributed by atoms with van der Waals surface area (Å²) in [5.74, 6) is 0.745. The number of aromatic nitrogens is 1. The zero-order chi connectivity index (χ0) is 18.1. The minimum Gasteiger partial charge on any atom is -0.494 e. The van der Waals surface area contributed by atoms with Crippen molar-refractivity contribution in [1.82, 2.24) is 4.98 Å². The Morgan fingerprint density at radius 2 is 1.96 bits per heavy atom. The predicted octanol–water partition coefficient (Wildman–Crippen LogP) is 4.62. The molecule has 2 heterocycles. The van der Waals surface area contributed by atoms with E-state index in [0.29, 0.717) is 12.2 Å². The van der Waals surface area contributed by atoms with Crippen LogP contribution in [0.15, 0.2) is 53.9 Å². The Morgan fingerprint density at radius 3 is 2.65 bits per heavy atom. The second-order valence-corrected chi connectivity index (χ2v) is 7.05. The fourth-order valence-corrected chi connectivity index (χ4v) is 3.73. The van der Waals surface area contributed by atoms with Crippen LogP contribution >= 0.6 is 11.3 Å². The zero-order valence-electron chi connectivity index (χ0n) is 14.6. The minimum absolute atomic E-state index is 0.0424. The van der Waals surface area contributed by atoms with Crippen LogP contribution in [0.25, 0.3) is 0 Å². The first-order chi connectivity index (χ1) is 12.7. The number of nitrogens with zero attached hydrogens (tertiary/aromatic N) is 2. The van der Waals surface area contributed by atoms with Crippen LogP contribution in [0.1, 0.15) is 34.1 Å². The number of fused-ring (bicyclic) bond motifs is 1. The Hall–Kier alpha value is -2.86.